The fourth-order valence-corrected chi connectivity index (χ4v) is 3.87. The zero-order valence-electron chi connectivity index (χ0n) is 14.3. The van der Waals surface area contributed by atoms with Gasteiger partial charge in [0.15, 0.2) is 6.79 Å². The fourth-order valence-electron chi connectivity index (χ4n) is 2.72. The monoisotopic (exact) mass is 378 g/mol. The second-order valence-electron chi connectivity index (χ2n) is 6.04. The molecule has 0 unspecified atom stereocenters. The Balaban J connectivity index is 1.96. The summed E-state index contributed by atoms with van der Waals surface area (Å²) in [5.41, 5.74) is 1.78. The molecule has 138 valence electrons. The normalized spacial score (nSPS) is 14.0. The SMILES string of the molecule is Cc1ccc(S(=O)(=O)N(C)Cc2cc([N+](=O)[O-])cc3c2OCOC3)cc1. The summed E-state index contributed by atoms with van der Waals surface area (Å²) in [5.74, 6) is 0.438. The van der Waals surface area contributed by atoms with E-state index in [1.165, 1.54) is 31.3 Å². The average molecular weight is 378 g/mol. The number of non-ortho nitro benzene ring substituents is 1. The van der Waals surface area contributed by atoms with Gasteiger partial charge in [0, 0.05) is 36.9 Å². The van der Waals surface area contributed by atoms with Crippen molar-refractivity contribution in [3.63, 3.8) is 0 Å². The number of nitrogens with zero attached hydrogens (tertiary/aromatic N) is 2. The number of ether oxygens (including phenoxy) is 2. The third-order valence-electron chi connectivity index (χ3n) is 4.10. The van der Waals surface area contributed by atoms with Crippen LogP contribution in [0.2, 0.25) is 0 Å². The van der Waals surface area contributed by atoms with E-state index in [9.17, 15) is 18.5 Å². The highest BCUT2D eigenvalue weighted by Crippen LogP contribution is 2.34. The molecule has 0 saturated carbocycles. The summed E-state index contributed by atoms with van der Waals surface area (Å²) < 4.78 is 37.3. The standard InChI is InChI=1S/C17H18N2O6S/c1-12-3-5-16(6-4-12)26(22,23)18(2)9-13-7-15(19(20)21)8-14-10-24-11-25-17(13)14/h3-8H,9-11H2,1-2H3. The van der Waals surface area contributed by atoms with E-state index in [2.05, 4.69) is 0 Å². The second-order valence-corrected chi connectivity index (χ2v) is 8.08. The van der Waals surface area contributed by atoms with E-state index in [0.717, 1.165) is 9.87 Å². The molecule has 1 aliphatic rings. The van der Waals surface area contributed by atoms with Crippen molar-refractivity contribution in [3.05, 3.63) is 63.2 Å². The van der Waals surface area contributed by atoms with Crippen LogP contribution in [0.4, 0.5) is 5.69 Å². The topological polar surface area (TPSA) is 99.0 Å². The lowest BCUT2D eigenvalue weighted by Gasteiger charge is -2.23. The van der Waals surface area contributed by atoms with Gasteiger partial charge in [-0.05, 0) is 19.1 Å². The molecule has 0 aliphatic carbocycles. The van der Waals surface area contributed by atoms with E-state index in [4.69, 9.17) is 9.47 Å². The molecule has 26 heavy (non-hydrogen) atoms. The number of hydrogen-bond acceptors (Lipinski definition) is 6. The molecule has 1 aliphatic heterocycles. The zero-order chi connectivity index (χ0) is 18.9. The Morgan fingerprint density at radius 2 is 1.92 bits per heavy atom. The molecule has 0 radical (unpaired) electrons. The molecule has 0 aromatic heterocycles. The zero-order valence-corrected chi connectivity index (χ0v) is 15.2. The minimum absolute atomic E-state index is 0.0201. The lowest BCUT2D eigenvalue weighted by atomic mass is 10.1. The van der Waals surface area contributed by atoms with Gasteiger partial charge in [0.05, 0.1) is 16.4 Å². The minimum Gasteiger partial charge on any atom is -0.467 e. The van der Waals surface area contributed by atoms with Crippen LogP contribution >= 0.6 is 0 Å². The van der Waals surface area contributed by atoms with Crippen molar-refractivity contribution in [1.29, 1.82) is 0 Å². The van der Waals surface area contributed by atoms with Gasteiger partial charge in [0.25, 0.3) is 5.69 Å². The van der Waals surface area contributed by atoms with Crippen LogP contribution in [0.1, 0.15) is 16.7 Å². The summed E-state index contributed by atoms with van der Waals surface area (Å²) in [6.07, 6.45) is 0. The van der Waals surface area contributed by atoms with Crippen molar-refractivity contribution >= 4 is 15.7 Å². The second kappa shape index (κ2) is 7.02. The van der Waals surface area contributed by atoms with E-state index in [1.807, 2.05) is 6.92 Å². The highest BCUT2D eigenvalue weighted by Gasteiger charge is 2.26. The van der Waals surface area contributed by atoms with Gasteiger partial charge in [-0.15, -0.1) is 0 Å². The number of nitro benzene ring substituents is 1. The number of sulfonamides is 1. The van der Waals surface area contributed by atoms with Gasteiger partial charge in [0.1, 0.15) is 5.75 Å². The summed E-state index contributed by atoms with van der Waals surface area (Å²) in [6.45, 7) is 2.01. The predicted molar refractivity (Wildman–Crippen MR) is 93.2 cm³/mol. The third-order valence-corrected chi connectivity index (χ3v) is 5.92. The maximum Gasteiger partial charge on any atom is 0.270 e. The quantitative estimate of drug-likeness (QED) is 0.586. The molecule has 0 spiro atoms. The first-order valence-electron chi connectivity index (χ1n) is 7.83. The van der Waals surface area contributed by atoms with Gasteiger partial charge < -0.3 is 9.47 Å². The van der Waals surface area contributed by atoms with E-state index in [0.29, 0.717) is 16.9 Å². The Hall–Kier alpha value is -2.49. The van der Waals surface area contributed by atoms with Crippen molar-refractivity contribution in [2.24, 2.45) is 0 Å². The van der Waals surface area contributed by atoms with Gasteiger partial charge in [-0.3, -0.25) is 10.1 Å². The molecule has 8 nitrogen and oxygen atoms in total. The number of rotatable bonds is 5. The smallest absolute Gasteiger partial charge is 0.270 e. The van der Waals surface area contributed by atoms with Crippen molar-refractivity contribution in [2.75, 3.05) is 13.8 Å². The lowest BCUT2D eigenvalue weighted by Crippen LogP contribution is -2.27. The summed E-state index contributed by atoms with van der Waals surface area (Å²) in [6, 6.07) is 9.23. The molecule has 0 amide bonds. The molecule has 9 heteroatoms. The summed E-state index contributed by atoms with van der Waals surface area (Å²) in [4.78, 5) is 10.8. The van der Waals surface area contributed by atoms with Crippen LogP contribution in [0.3, 0.4) is 0 Å². The Labute approximate surface area is 151 Å². The molecule has 0 fully saturated rings. The number of fused-ring (bicyclic) bond motifs is 1. The van der Waals surface area contributed by atoms with E-state index in [-0.39, 0.29) is 30.5 Å². The van der Waals surface area contributed by atoms with Crippen molar-refractivity contribution < 1.29 is 22.8 Å². The van der Waals surface area contributed by atoms with Gasteiger partial charge in [-0.1, -0.05) is 17.7 Å². The number of aryl methyl sites for hydroxylation is 1. The lowest BCUT2D eigenvalue weighted by molar-refractivity contribution is -0.385. The van der Waals surface area contributed by atoms with Crippen molar-refractivity contribution in [2.45, 2.75) is 25.0 Å². The highest BCUT2D eigenvalue weighted by atomic mass is 32.2. The molecule has 0 atom stereocenters. The van der Waals surface area contributed by atoms with Crippen LogP contribution in [0.5, 0.6) is 5.75 Å². The van der Waals surface area contributed by atoms with E-state index in [1.54, 1.807) is 12.1 Å². The number of hydrogen-bond donors (Lipinski definition) is 0. The third kappa shape index (κ3) is 3.55. The van der Waals surface area contributed by atoms with Crippen molar-refractivity contribution in [1.82, 2.24) is 4.31 Å². The average Bonchev–Trinajstić information content (AvgIpc) is 2.61. The van der Waals surface area contributed by atoms with Crippen LogP contribution in [0, 0.1) is 17.0 Å². The largest absolute Gasteiger partial charge is 0.467 e. The first-order valence-corrected chi connectivity index (χ1v) is 9.27. The van der Waals surface area contributed by atoms with Gasteiger partial charge >= 0.3 is 0 Å². The number of nitro groups is 1. The van der Waals surface area contributed by atoms with Gasteiger partial charge in [-0.25, -0.2) is 8.42 Å². The van der Waals surface area contributed by atoms with Crippen LogP contribution in [-0.2, 0) is 27.9 Å². The molecule has 2 aromatic carbocycles. The first kappa shape index (κ1) is 18.3. The predicted octanol–water partition coefficient (Wildman–Crippen LogP) is 2.59. The van der Waals surface area contributed by atoms with Gasteiger partial charge in [0.2, 0.25) is 10.0 Å². The number of benzene rings is 2. The van der Waals surface area contributed by atoms with Crippen LogP contribution in [-0.4, -0.2) is 31.5 Å². The van der Waals surface area contributed by atoms with Crippen LogP contribution in [0.15, 0.2) is 41.3 Å². The summed E-state index contributed by atoms with van der Waals surface area (Å²) in [5, 5.41) is 11.2. The van der Waals surface area contributed by atoms with E-state index < -0.39 is 14.9 Å². The molecular weight excluding hydrogens is 360 g/mol. The van der Waals surface area contributed by atoms with Crippen molar-refractivity contribution in [3.8, 4) is 5.75 Å². The van der Waals surface area contributed by atoms with Crippen LogP contribution < -0.4 is 4.74 Å². The molecule has 3 rings (SSSR count). The molecule has 2 aromatic rings. The Morgan fingerprint density at radius 1 is 1.23 bits per heavy atom. The minimum atomic E-state index is -3.74. The van der Waals surface area contributed by atoms with E-state index >= 15 is 0 Å². The Morgan fingerprint density at radius 3 is 2.58 bits per heavy atom. The summed E-state index contributed by atoms with van der Waals surface area (Å²) >= 11 is 0. The highest BCUT2D eigenvalue weighted by molar-refractivity contribution is 7.89. The first-order chi connectivity index (χ1) is 12.3. The maximum absolute atomic E-state index is 12.8. The molecule has 0 bridgehead atoms. The molecule has 1 heterocycles. The Bertz CT molecular complexity index is 940. The fraction of sp³-hybridized carbons (Fsp3) is 0.294. The van der Waals surface area contributed by atoms with Gasteiger partial charge in [-0.2, -0.15) is 4.31 Å². The molecular formula is C17H18N2O6S. The maximum atomic E-state index is 12.8. The van der Waals surface area contributed by atoms with Crippen LogP contribution in [0.25, 0.3) is 0 Å². The Kier molecular flexibility index (Phi) is 4.94. The molecule has 0 saturated heterocycles. The molecule has 0 N–H and O–H groups in total. The summed E-state index contributed by atoms with van der Waals surface area (Å²) in [7, 11) is -2.31.